The average molecular weight is 730 g/mol. The van der Waals surface area contributed by atoms with E-state index in [1.54, 1.807) is 0 Å². The number of nitrogens with zero attached hydrogens (tertiary/aromatic N) is 1. The summed E-state index contributed by atoms with van der Waals surface area (Å²) in [6, 6.07) is 77.8. The number of rotatable bonds is 6. The summed E-state index contributed by atoms with van der Waals surface area (Å²) < 4.78 is 2.58. The number of hydrogen-bond acceptors (Lipinski definition) is 2. The minimum Gasteiger partial charge on any atom is -0.309 e. The molecule has 0 atom stereocenters. The van der Waals surface area contributed by atoms with Gasteiger partial charge in [0.15, 0.2) is 0 Å². The lowest BCUT2D eigenvalue weighted by molar-refractivity contribution is 1.31. The average Bonchev–Trinajstić information content (AvgIpc) is 3.66. The maximum absolute atomic E-state index is 2.49. The van der Waals surface area contributed by atoms with Crippen LogP contribution in [0.1, 0.15) is 0 Å². The van der Waals surface area contributed by atoms with Crippen LogP contribution in [-0.2, 0) is 0 Å². The molecule has 0 unspecified atom stereocenters. The Balaban J connectivity index is 1.21. The molecule has 1 nitrogen and oxygen atoms in total. The van der Waals surface area contributed by atoms with Gasteiger partial charge in [0.2, 0.25) is 0 Å². The van der Waals surface area contributed by atoms with Crippen molar-refractivity contribution in [1.82, 2.24) is 0 Å². The van der Waals surface area contributed by atoms with Gasteiger partial charge in [-0.2, -0.15) is 0 Å². The molecule has 0 spiro atoms. The number of thiophene rings is 1. The first-order chi connectivity index (χ1) is 27.8. The van der Waals surface area contributed by atoms with Gasteiger partial charge in [-0.25, -0.2) is 0 Å². The van der Waals surface area contributed by atoms with Crippen LogP contribution in [0.3, 0.4) is 0 Å². The minimum absolute atomic E-state index is 1.13. The lowest BCUT2D eigenvalue weighted by atomic mass is 9.84. The van der Waals surface area contributed by atoms with Gasteiger partial charge < -0.3 is 4.90 Å². The van der Waals surface area contributed by atoms with E-state index in [0.717, 1.165) is 11.4 Å². The first-order valence-electron chi connectivity index (χ1n) is 19.2. The fourth-order valence-corrected chi connectivity index (χ4v) is 9.87. The maximum atomic E-state index is 2.49. The van der Waals surface area contributed by atoms with Crippen LogP contribution in [-0.4, -0.2) is 0 Å². The van der Waals surface area contributed by atoms with Crippen LogP contribution >= 0.6 is 11.3 Å². The molecule has 0 aliphatic rings. The van der Waals surface area contributed by atoms with Gasteiger partial charge >= 0.3 is 0 Å². The van der Waals surface area contributed by atoms with E-state index < -0.39 is 0 Å². The van der Waals surface area contributed by atoms with Crippen molar-refractivity contribution in [3.63, 3.8) is 0 Å². The van der Waals surface area contributed by atoms with Crippen molar-refractivity contribution in [3.8, 4) is 33.4 Å². The summed E-state index contributed by atoms with van der Waals surface area (Å²) in [6.07, 6.45) is 0. The van der Waals surface area contributed by atoms with Crippen molar-refractivity contribution >= 4 is 80.9 Å². The van der Waals surface area contributed by atoms with Crippen LogP contribution in [0.5, 0.6) is 0 Å². The highest BCUT2D eigenvalue weighted by Crippen LogP contribution is 2.49. The molecule has 0 fully saturated rings. The van der Waals surface area contributed by atoms with Crippen LogP contribution < -0.4 is 4.90 Å². The zero-order valence-corrected chi connectivity index (χ0v) is 31.4. The van der Waals surface area contributed by atoms with Gasteiger partial charge in [-0.3, -0.25) is 0 Å². The monoisotopic (exact) mass is 729 g/mol. The Morgan fingerprint density at radius 2 is 0.911 bits per heavy atom. The highest BCUT2D eigenvalue weighted by atomic mass is 32.1. The third-order valence-corrected chi connectivity index (χ3v) is 12.4. The molecule has 11 aromatic rings. The predicted molar refractivity (Wildman–Crippen MR) is 243 cm³/mol. The number of para-hydroxylation sites is 1. The Kier molecular flexibility index (Phi) is 7.75. The fourth-order valence-electron chi connectivity index (χ4n) is 8.75. The molecule has 0 aliphatic carbocycles. The summed E-state index contributed by atoms with van der Waals surface area (Å²) in [4.78, 5) is 2.49. The molecule has 10 aromatic carbocycles. The van der Waals surface area contributed by atoms with E-state index in [1.807, 2.05) is 11.3 Å². The second-order valence-corrected chi connectivity index (χ2v) is 15.5. The summed E-state index contributed by atoms with van der Waals surface area (Å²) in [5.41, 5.74) is 10.7. The molecule has 0 radical (unpaired) electrons. The smallest absolute Gasteiger partial charge is 0.0555 e. The molecule has 1 heterocycles. The third kappa shape index (κ3) is 5.30. The molecular weight excluding hydrogens is 695 g/mol. The van der Waals surface area contributed by atoms with Crippen molar-refractivity contribution in [2.75, 3.05) is 4.90 Å². The first kappa shape index (κ1) is 32.4. The molecule has 1 aromatic heterocycles. The topological polar surface area (TPSA) is 3.24 Å². The highest BCUT2D eigenvalue weighted by Gasteiger charge is 2.23. The number of fused-ring (bicyclic) bond motifs is 7. The van der Waals surface area contributed by atoms with Gasteiger partial charge in [-0.05, 0) is 103 Å². The number of anilines is 3. The molecule has 0 saturated carbocycles. The van der Waals surface area contributed by atoms with Crippen LogP contribution in [0.15, 0.2) is 212 Å². The molecule has 0 N–H and O–H groups in total. The third-order valence-electron chi connectivity index (χ3n) is 11.2. The molecule has 0 saturated heterocycles. The molecule has 0 bridgehead atoms. The summed E-state index contributed by atoms with van der Waals surface area (Å²) in [5.74, 6) is 0. The molecule has 0 amide bonds. The summed E-state index contributed by atoms with van der Waals surface area (Å²) in [5, 5.41) is 10.0. The van der Waals surface area contributed by atoms with E-state index in [4.69, 9.17) is 0 Å². The van der Waals surface area contributed by atoms with Crippen LogP contribution in [0, 0.1) is 0 Å². The van der Waals surface area contributed by atoms with E-state index in [0.29, 0.717) is 0 Å². The SMILES string of the molecule is c1ccc(-c2c(-c3ccccc3)c3cc(-c4ccccc4N(c4ccc5ccccc5c4)c4cccc5sc6ccccc6c45)ccc3c3ccccc23)cc1. The zero-order valence-electron chi connectivity index (χ0n) is 30.6. The first-order valence-corrected chi connectivity index (χ1v) is 20.0. The Bertz CT molecular complexity index is 3250. The van der Waals surface area contributed by atoms with Gasteiger partial charge in [-0.1, -0.05) is 170 Å². The number of benzene rings is 10. The van der Waals surface area contributed by atoms with Gasteiger partial charge in [0.05, 0.1) is 11.4 Å². The largest absolute Gasteiger partial charge is 0.309 e. The van der Waals surface area contributed by atoms with Gasteiger partial charge in [0.1, 0.15) is 0 Å². The summed E-state index contributed by atoms with van der Waals surface area (Å²) in [7, 11) is 0. The Morgan fingerprint density at radius 1 is 0.321 bits per heavy atom. The second-order valence-electron chi connectivity index (χ2n) is 14.4. The van der Waals surface area contributed by atoms with Crippen LogP contribution in [0.25, 0.3) is 85.9 Å². The molecule has 11 rings (SSSR count). The predicted octanol–water partition coefficient (Wildman–Crippen LogP) is 16.0. The highest BCUT2D eigenvalue weighted by molar-refractivity contribution is 7.26. The van der Waals surface area contributed by atoms with Gasteiger partial charge in [0, 0.05) is 31.4 Å². The fraction of sp³-hybridized carbons (Fsp3) is 0. The normalized spacial score (nSPS) is 11.6. The van der Waals surface area contributed by atoms with E-state index in [-0.39, 0.29) is 0 Å². The Morgan fingerprint density at radius 3 is 1.71 bits per heavy atom. The summed E-state index contributed by atoms with van der Waals surface area (Å²) in [6.45, 7) is 0. The second kappa shape index (κ2) is 13.4. The maximum Gasteiger partial charge on any atom is 0.0555 e. The van der Waals surface area contributed by atoms with Crippen molar-refractivity contribution in [1.29, 1.82) is 0 Å². The number of hydrogen-bond donors (Lipinski definition) is 0. The molecule has 56 heavy (non-hydrogen) atoms. The lowest BCUT2D eigenvalue weighted by Crippen LogP contribution is -2.11. The van der Waals surface area contributed by atoms with Crippen molar-refractivity contribution < 1.29 is 0 Å². The Hall–Kier alpha value is -7.00. The van der Waals surface area contributed by atoms with Crippen LogP contribution in [0.4, 0.5) is 17.1 Å². The molecule has 262 valence electrons. The quantitative estimate of drug-likeness (QED) is 0.154. The Labute approximate surface area is 330 Å². The van der Waals surface area contributed by atoms with Crippen LogP contribution in [0.2, 0.25) is 0 Å². The van der Waals surface area contributed by atoms with Crippen molar-refractivity contribution in [2.24, 2.45) is 0 Å². The van der Waals surface area contributed by atoms with E-state index in [2.05, 4.69) is 217 Å². The van der Waals surface area contributed by atoms with E-state index in [1.165, 1.54) is 91.6 Å². The molecular formula is C54H35NS. The molecule has 2 heteroatoms. The van der Waals surface area contributed by atoms with Crippen molar-refractivity contribution in [2.45, 2.75) is 0 Å². The standard InChI is InChI=1S/C54H35NS/c1-3-17-37(18-4-1)52-45-24-10-9-23-43(45)44-33-31-40(35-47(44)53(52)38-19-5-2-6-20-38)42-22-11-13-26-48(42)55(41-32-30-36-16-7-8-21-39(36)34-41)49-27-15-29-51-54(49)46-25-12-14-28-50(46)56-51/h1-35H. The van der Waals surface area contributed by atoms with E-state index >= 15 is 0 Å². The molecule has 0 aliphatic heterocycles. The summed E-state index contributed by atoms with van der Waals surface area (Å²) >= 11 is 1.86. The van der Waals surface area contributed by atoms with E-state index in [9.17, 15) is 0 Å². The van der Waals surface area contributed by atoms with Gasteiger partial charge in [0.25, 0.3) is 0 Å². The zero-order chi connectivity index (χ0) is 37.0. The minimum atomic E-state index is 1.13. The van der Waals surface area contributed by atoms with Crippen molar-refractivity contribution in [3.05, 3.63) is 212 Å². The van der Waals surface area contributed by atoms with Gasteiger partial charge in [-0.15, -0.1) is 11.3 Å². The lowest BCUT2D eigenvalue weighted by Gasteiger charge is -2.29.